The highest BCUT2D eigenvalue weighted by atomic mass is 19.1. The molecule has 5 heterocycles. The molecule has 2 aromatic heterocycles. The standard InChI is InChI=1S/C42H50F2N8O4/c1-23(2)38(49-42(54)56-5)41(53)51-22-28(55-4)21-37(51)40-47-32-12-10-26(18-34(32)48-40)36-14-13-35(25-9-11-31-33(17-25)46-24(3)45-31)52(36)27-19-29(43)39(30(44)20-27)50-15-7-6-8-16-50/h9-12,17-20,23,28,35-38H,6-8,13-16,21-22H2,1-5H3,(H,45,46)(H,47,48)(H,49,54)/t28-,35+,36+,37-,38-/m0/s1. The maximum atomic E-state index is 16.1. The normalized spacial score (nSPS) is 22.1. The quantitative estimate of drug-likeness (QED) is 0.139. The number of nitrogens with one attached hydrogen (secondary N) is 3. The summed E-state index contributed by atoms with van der Waals surface area (Å²) < 4.78 is 42.7. The van der Waals surface area contributed by atoms with Gasteiger partial charge in [0.15, 0.2) is 11.6 Å². The number of rotatable bonds is 9. The predicted octanol–water partition coefficient (Wildman–Crippen LogP) is 7.77. The fourth-order valence-corrected chi connectivity index (χ4v) is 9.06. The maximum absolute atomic E-state index is 16.1. The second-order valence-electron chi connectivity index (χ2n) is 15.8. The van der Waals surface area contributed by atoms with Crippen LogP contribution in [0.5, 0.6) is 0 Å². The number of benzene rings is 3. The Hall–Kier alpha value is -5.24. The molecule has 56 heavy (non-hydrogen) atoms. The van der Waals surface area contributed by atoms with Crippen molar-refractivity contribution in [2.24, 2.45) is 5.92 Å². The molecular weight excluding hydrogens is 719 g/mol. The third-order valence-electron chi connectivity index (χ3n) is 11.9. The van der Waals surface area contributed by atoms with Crippen LogP contribution in [0.3, 0.4) is 0 Å². The number of H-pyrrole nitrogens is 2. The number of hydrogen-bond donors (Lipinski definition) is 3. The molecule has 3 aliphatic rings. The first-order chi connectivity index (χ1) is 27.0. The molecule has 5 aromatic rings. The van der Waals surface area contributed by atoms with Crippen LogP contribution in [0.2, 0.25) is 0 Å². The molecular formula is C42H50F2N8O4. The minimum Gasteiger partial charge on any atom is -0.453 e. The lowest BCUT2D eigenvalue weighted by molar-refractivity contribution is -0.135. The van der Waals surface area contributed by atoms with E-state index in [0.29, 0.717) is 43.1 Å². The summed E-state index contributed by atoms with van der Waals surface area (Å²) in [6.45, 7) is 7.29. The Balaban J connectivity index is 1.15. The third-order valence-corrected chi connectivity index (χ3v) is 11.9. The Bertz CT molecular complexity index is 2230. The van der Waals surface area contributed by atoms with Gasteiger partial charge in [0.2, 0.25) is 5.91 Å². The van der Waals surface area contributed by atoms with Gasteiger partial charge in [0.1, 0.15) is 23.4 Å². The Morgan fingerprint density at radius 3 is 2.09 bits per heavy atom. The van der Waals surface area contributed by atoms with Crippen LogP contribution in [-0.4, -0.2) is 82.8 Å². The molecule has 0 bridgehead atoms. The average Bonchev–Trinajstić information content (AvgIpc) is 3.99. The van der Waals surface area contributed by atoms with Crippen LogP contribution in [0.1, 0.15) is 93.3 Å². The first-order valence-electron chi connectivity index (χ1n) is 19.7. The van der Waals surface area contributed by atoms with Crippen LogP contribution in [0.25, 0.3) is 22.1 Å². The van der Waals surface area contributed by atoms with Gasteiger partial charge in [-0.05, 0) is 92.5 Å². The number of nitrogens with zero attached hydrogens (tertiary/aromatic N) is 5. The van der Waals surface area contributed by atoms with Crippen LogP contribution in [-0.2, 0) is 14.3 Å². The van der Waals surface area contributed by atoms with Gasteiger partial charge >= 0.3 is 6.09 Å². The van der Waals surface area contributed by atoms with Crippen molar-refractivity contribution in [3.05, 3.63) is 82.9 Å². The first kappa shape index (κ1) is 37.7. The number of anilines is 2. The molecule has 3 N–H and O–H groups in total. The number of hydrogen-bond acceptors (Lipinski definition) is 8. The van der Waals surface area contributed by atoms with Crippen LogP contribution >= 0.6 is 0 Å². The number of aromatic amines is 2. The van der Waals surface area contributed by atoms with Crippen molar-refractivity contribution >= 4 is 45.4 Å². The van der Waals surface area contributed by atoms with Gasteiger partial charge in [-0.1, -0.05) is 26.0 Å². The monoisotopic (exact) mass is 768 g/mol. The Morgan fingerprint density at radius 2 is 1.48 bits per heavy atom. The fourth-order valence-electron chi connectivity index (χ4n) is 9.06. The smallest absolute Gasteiger partial charge is 0.407 e. The molecule has 0 radical (unpaired) electrons. The van der Waals surface area contributed by atoms with Crippen molar-refractivity contribution < 1.29 is 27.8 Å². The number of aryl methyl sites for hydroxylation is 1. The molecule has 0 unspecified atom stereocenters. The lowest BCUT2D eigenvalue weighted by Gasteiger charge is -2.35. The number of piperidine rings is 1. The summed E-state index contributed by atoms with van der Waals surface area (Å²) in [5.41, 5.74) is 5.83. The molecule has 296 valence electrons. The molecule has 14 heteroatoms. The Labute approximate surface area is 324 Å². The average molecular weight is 769 g/mol. The van der Waals surface area contributed by atoms with Gasteiger partial charge in [-0.25, -0.2) is 23.5 Å². The molecule has 3 saturated heterocycles. The van der Waals surface area contributed by atoms with E-state index in [1.165, 1.54) is 19.2 Å². The third kappa shape index (κ3) is 7.03. The Kier molecular flexibility index (Phi) is 10.3. The Morgan fingerprint density at radius 1 is 0.857 bits per heavy atom. The number of fused-ring (bicyclic) bond motifs is 2. The van der Waals surface area contributed by atoms with Gasteiger partial charge < -0.3 is 39.5 Å². The zero-order chi connectivity index (χ0) is 39.2. The van der Waals surface area contributed by atoms with Crippen molar-refractivity contribution in [3.63, 3.8) is 0 Å². The minimum atomic E-state index is -0.792. The summed E-state index contributed by atoms with van der Waals surface area (Å²) in [6, 6.07) is 13.6. The molecule has 0 saturated carbocycles. The van der Waals surface area contributed by atoms with E-state index >= 15 is 8.78 Å². The summed E-state index contributed by atoms with van der Waals surface area (Å²) >= 11 is 0. The van der Waals surface area contributed by atoms with Gasteiger partial charge in [0, 0.05) is 38.9 Å². The van der Waals surface area contributed by atoms with Gasteiger partial charge in [0.25, 0.3) is 0 Å². The zero-order valence-electron chi connectivity index (χ0n) is 32.6. The van der Waals surface area contributed by atoms with Crippen molar-refractivity contribution in [1.82, 2.24) is 30.2 Å². The van der Waals surface area contributed by atoms with Crippen molar-refractivity contribution in [1.29, 1.82) is 0 Å². The number of amides is 2. The topological polar surface area (TPSA) is 132 Å². The number of methoxy groups -OCH3 is 2. The number of alkyl carbamates (subject to hydrolysis) is 1. The number of carbonyl (C=O) groups is 2. The number of ether oxygens (including phenoxy) is 2. The summed E-state index contributed by atoms with van der Waals surface area (Å²) in [4.78, 5) is 48.3. The molecule has 0 spiro atoms. The number of imidazole rings is 2. The molecule has 12 nitrogen and oxygen atoms in total. The van der Waals surface area contributed by atoms with Crippen LogP contribution in [0.15, 0.2) is 48.5 Å². The highest BCUT2D eigenvalue weighted by molar-refractivity contribution is 5.87. The van der Waals surface area contributed by atoms with Gasteiger partial charge in [0.05, 0.1) is 53.4 Å². The van der Waals surface area contributed by atoms with E-state index in [1.807, 2.05) is 49.9 Å². The minimum absolute atomic E-state index is 0.0515. The molecule has 2 amide bonds. The van der Waals surface area contributed by atoms with E-state index in [1.54, 1.807) is 12.0 Å². The molecule has 3 aromatic carbocycles. The summed E-state index contributed by atoms with van der Waals surface area (Å²) in [6.07, 6.45) is 4.04. The van der Waals surface area contributed by atoms with Crippen molar-refractivity contribution in [3.8, 4) is 0 Å². The van der Waals surface area contributed by atoms with E-state index in [-0.39, 0.29) is 35.7 Å². The number of aromatic nitrogens is 4. The molecule has 3 aliphatic heterocycles. The molecule has 3 fully saturated rings. The maximum Gasteiger partial charge on any atom is 0.407 e. The molecule has 8 rings (SSSR count). The van der Waals surface area contributed by atoms with Gasteiger partial charge in [-0.2, -0.15) is 0 Å². The highest BCUT2D eigenvalue weighted by Gasteiger charge is 2.42. The summed E-state index contributed by atoms with van der Waals surface area (Å²) in [5, 5.41) is 2.70. The lowest BCUT2D eigenvalue weighted by Crippen LogP contribution is -2.51. The zero-order valence-corrected chi connectivity index (χ0v) is 32.6. The second kappa shape index (κ2) is 15.4. The predicted molar refractivity (Wildman–Crippen MR) is 211 cm³/mol. The van der Waals surface area contributed by atoms with E-state index in [0.717, 1.165) is 65.6 Å². The van der Waals surface area contributed by atoms with Crippen LogP contribution in [0, 0.1) is 24.5 Å². The second-order valence-corrected chi connectivity index (χ2v) is 15.8. The van der Waals surface area contributed by atoms with E-state index < -0.39 is 29.8 Å². The summed E-state index contributed by atoms with van der Waals surface area (Å²) in [7, 11) is 2.90. The van der Waals surface area contributed by atoms with Gasteiger partial charge in [-0.3, -0.25) is 4.79 Å². The van der Waals surface area contributed by atoms with Crippen LogP contribution < -0.4 is 15.1 Å². The summed E-state index contributed by atoms with van der Waals surface area (Å²) in [5.74, 6) is -0.0898. The largest absolute Gasteiger partial charge is 0.453 e. The van der Waals surface area contributed by atoms with Crippen molar-refractivity contribution in [2.45, 2.75) is 89.6 Å². The van der Waals surface area contributed by atoms with E-state index in [4.69, 9.17) is 14.5 Å². The van der Waals surface area contributed by atoms with Crippen molar-refractivity contribution in [2.75, 3.05) is 43.7 Å². The number of halogens is 2. The van der Waals surface area contributed by atoms with Gasteiger partial charge in [-0.15, -0.1) is 0 Å². The van der Waals surface area contributed by atoms with E-state index in [9.17, 15) is 9.59 Å². The van der Waals surface area contributed by atoms with Crippen LogP contribution in [0.4, 0.5) is 25.0 Å². The number of carbonyl (C=O) groups excluding carboxylic acids is 2. The first-order valence-corrected chi connectivity index (χ1v) is 19.7. The molecule has 0 aliphatic carbocycles. The lowest BCUT2D eigenvalue weighted by atomic mass is 10.0. The molecule has 5 atom stereocenters. The number of likely N-dealkylation sites (tertiary alicyclic amines) is 1. The highest BCUT2D eigenvalue weighted by Crippen LogP contribution is 2.49. The fraction of sp³-hybridized carbons (Fsp3) is 0.476. The SMILES string of the molecule is COC(=O)N[C@H](C(=O)N1C[C@@H](OC)C[C@H]1c1nc2cc([C@H]3CC[C@H](c4ccc5[nH]c(C)nc5c4)N3c3cc(F)c(N4CCCCC4)c(F)c3)ccc2[nH]1)C(C)C. The van der Waals surface area contributed by atoms with E-state index in [2.05, 4.69) is 37.3 Å².